The van der Waals surface area contributed by atoms with Crippen molar-refractivity contribution in [2.75, 3.05) is 19.5 Å². The summed E-state index contributed by atoms with van der Waals surface area (Å²) < 4.78 is 10.8. The van der Waals surface area contributed by atoms with Gasteiger partial charge in [0.25, 0.3) is 0 Å². The van der Waals surface area contributed by atoms with Crippen molar-refractivity contribution in [1.29, 1.82) is 0 Å². The van der Waals surface area contributed by atoms with Gasteiger partial charge in [0.2, 0.25) is 0 Å². The van der Waals surface area contributed by atoms with Gasteiger partial charge in [-0.05, 0) is 48.7 Å². The van der Waals surface area contributed by atoms with Crippen LogP contribution in [0, 0.1) is 13.8 Å². The molecule has 0 aliphatic carbocycles. The van der Waals surface area contributed by atoms with Crippen molar-refractivity contribution in [3.63, 3.8) is 0 Å². The molecule has 148 valence electrons. The zero-order valence-corrected chi connectivity index (χ0v) is 18.1. The van der Waals surface area contributed by atoms with Crippen molar-refractivity contribution in [3.8, 4) is 22.6 Å². The third-order valence-corrected chi connectivity index (χ3v) is 5.92. The molecule has 0 fully saturated rings. The summed E-state index contributed by atoms with van der Waals surface area (Å²) in [5.74, 6) is 2.08. The highest BCUT2D eigenvalue weighted by molar-refractivity contribution is 7.17. The second-order valence-electron chi connectivity index (χ2n) is 6.69. The number of rotatable bonds is 5. The second-order valence-corrected chi connectivity index (χ2v) is 7.95. The van der Waals surface area contributed by atoms with Crippen molar-refractivity contribution in [2.24, 2.45) is 0 Å². The molecule has 0 saturated carbocycles. The average molecular weight is 426 g/mol. The number of nitrogens with zero attached hydrogens (tertiary/aromatic N) is 2. The van der Waals surface area contributed by atoms with E-state index in [1.54, 1.807) is 31.9 Å². The van der Waals surface area contributed by atoms with E-state index in [2.05, 4.69) is 26.7 Å². The molecular weight excluding hydrogens is 406 g/mol. The molecule has 1 N–H and O–H groups in total. The summed E-state index contributed by atoms with van der Waals surface area (Å²) in [7, 11) is 3.26. The van der Waals surface area contributed by atoms with Gasteiger partial charge in [-0.25, -0.2) is 9.97 Å². The molecule has 2 aromatic carbocycles. The lowest BCUT2D eigenvalue weighted by Gasteiger charge is -2.14. The van der Waals surface area contributed by atoms with Crippen LogP contribution in [0.4, 0.5) is 11.5 Å². The summed E-state index contributed by atoms with van der Waals surface area (Å²) in [6, 6.07) is 9.90. The monoisotopic (exact) mass is 425 g/mol. The van der Waals surface area contributed by atoms with Crippen LogP contribution < -0.4 is 14.8 Å². The smallest absolute Gasteiger partial charge is 0.161 e. The standard InChI is InChI=1S/C22H20ClN3O2S/c1-12-7-13(2)20(16(23)8-12)26-21-19-15(10-29-22(19)25-11-24-21)14-5-6-17(27-3)18(9-14)28-4/h5-11H,1-4H3,(H,24,25,26). The Morgan fingerprint density at radius 1 is 1.00 bits per heavy atom. The molecule has 29 heavy (non-hydrogen) atoms. The highest BCUT2D eigenvalue weighted by Gasteiger charge is 2.16. The zero-order valence-electron chi connectivity index (χ0n) is 16.5. The summed E-state index contributed by atoms with van der Waals surface area (Å²) in [6.07, 6.45) is 1.57. The van der Waals surface area contributed by atoms with Crippen LogP contribution >= 0.6 is 22.9 Å². The molecule has 7 heteroatoms. The minimum absolute atomic E-state index is 0.664. The van der Waals surface area contributed by atoms with Crippen molar-refractivity contribution in [2.45, 2.75) is 13.8 Å². The van der Waals surface area contributed by atoms with Gasteiger partial charge in [0.15, 0.2) is 11.5 Å². The van der Waals surface area contributed by atoms with E-state index in [1.807, 2.05) is 38.1 Å². The first-order valence-corrected chi connectivity index (χ1v) is 10.3. The Labute approximate surface area is 178 Å². The first kappa shape index (κ1) is 19.5. The quantitative estimate of drug-likeness (QED) is 0.401. The van der Waals surface area contributed by atoms with Gasteiger partial charge in [-0.1, -0.05) is 23.7 Å². The average Bonchev–Trinajstić information content (AvgIpc) is 3.15. The molecule has 2 heterocycles. The molecule has 0 radical (unpaired) electrons. The Kier molecular flexibility index (Phi) is 5.30. The second kappa shape index (κ2) is 7.89. The van der Waals surface area contributed by atoms with Crippen molar-refractivity contribution in [3.05, 3.63) is 58.2 Å². The maximum Gasteiger partial charge on any atom is 0.161 e. The van der Waals surface area contributed by atoms with Crippen LogP contribution in [0.2, 0.25) is 5.02 Å². The van der Waals surface area contributed by atoms with Crippen LogP contribution in [0.5, 0.6) is 11.5 Å². The number of fused-ring (bicyclic) bond motifs is 1. The Morgan fingerprint density at radius 2 is 1.79 bits per heavy atom. The Hall–Kier alpha value is -2.83. The number of benzene rings is 2. The Balaban J connectivity index is 1.85. The van der Waals surface area contributed by atoms with Crippen LogP contribution in [0.3, 0.4) is 0 Å². The van der Waals surface area contributed by atoms with E-state index in [-0.39, 0.29) is 0 Å². The van der Waals surface area contributed by atoms with E-state index in [9.17, 15) is 0 Å². The van der Waals surface area contributed by atoms with Gasteiger partial charge >= 0.3 is 0 Å². The molecular formula is C22H20ClN3O2S. The summed E-state index contributed by atoms with van der Waals surface area (Å²) in [5.41, 5.74) is 5.05. The molecule has 0 spiro atoms. The number of halogens is 1. The fraction of sp³-hybridized carbons (Fsp3) is 0.182. The largest absolute Gasteiger partial charge is 0.493 e. The molecule has 4 aromatic rings. The van der Waals surface area contributed by atoms with Gasteiger partial charge in [0.1, 0.15) is 17.0 Å². The van der Waals surface area contributed by atoms with E-state index in [0.29, 0.717) is 16.5 Å². The number of hydrogen-bond acceptors (Lipinski definition) is 6. The minimum atomic E-state index is 0.664. The van der Waals surface area contributed by atoms with Gasteiger partial charge in [-0.15, -0.1) is 11.3 Å². The third-order valence-electron chi connectivity index (χ3n) is 4.74. The summed E-state index contributed by atoms with van der Waals surface area (Å²) in [6.45, 7) is 4.06. The lowest BCUT2D eigenvalue weighted by atomic mass is 10.0. The number of ether oxygens (including phenoxy) is 2. The first-order chi connectivity index (χ1) is 14.0. The van der Waals surface area contributed by atoms with Crippen LogP contribution in [0.25, 0.3) is 21.3 Å². The number of thiophene rings is 1. The van der Waals surface area contributed by atoms with E-state index in [4.69, 9.17) is 21.1 Å². The first-order valence-electron chi connectivity index (χ1n) is 9.00. The number of aryl methyl sites for hydroxylation is 2. The lowest BCUT2D eigenvalue weighted by molar-refractivity contribution is 0.355. The van der Waals surface area contributed by atoms with Gasteiger partial charge in [0.05, 0.1) is 30.3 Å². The van der Waals surface area contributed by atoms with E-state index in [0.717, 1.165) is 44.0 Å². The van der Waals surface area contributed by atoms with Gasteiger partial charge in [-0.2, -0.15) is 0 Å². The topological polar surface area (TPSA) is 56.3 Å². The molecule has 0 aliphatic heterocycles. The van der Waals surface area contributed by atoms with Crippen molar-refractivity contribution in [1.82, 2.24) is 9.97 Å². The number of methoxy groups -OCH3 is 2. The molecule has 0 saturated heterocycles. The number of aromatic nitrogens is 2. The Morgan fingerprint density at radius 3 is 2.52 bits per heavy atom. The highest BCUT2D eigenvalue weighted by atomic mass is 35.5. The van der Waals surface area contributed by atoms with Crippen LogP contribution in [-0.2, 0) is 0 Å². The predicted octanol–water partition coefficient (Wildman–Crippen LogP) is 6.39. The normalized spacial score (nSPS) is 10.9. The van der Waals surface area contributed by atoms with Gasteiger partial charge < -0.3 is 14.8 Å². The maximum absolute atomic E-state index is 6.51. The summed E-state index contributed by atoms with van der Waals surface area (Å²) in [5, 5.41) is 7.11. The highest BCUT2D eigenvalue weighted by Crippen LogP contribution is 2.41. The van der Waals surface area contributed by atoms with E-state index < -0.39 is 0 Å². The molecule has 0 atom stereocenters. The third kappa shape index (κ3) is 3.61. The SMILES string of the molecule is COc1ccc(-c2csc3ncnc(Nc4c(C)cc(C)cc4Cl)c23)cc1OC. The fourth-order valence-electron chi connectivity index (χ4n) is 3.38. The minimum Gasteiger partial charge on any atom is -0.493 e. The summed E-state index contributed by atoms with van der Waals surface area (Å²) in [4.78, 5) is 9.85. The molecule has 0 amide bonds. The zero-order chi connectivity index (χ0) is 20.5. The van der Waals surface area contributed by atoms with Gasteiger partial charge in [-0.3, -0.25) is 0 Å². The van der Waals surface area contributed by atoms with Crippen molar-refractivity contribution >= 4 is 44.7 Å². The lowest BCUT2D eigenvalue weighted by Crippen LogP contribution is -1.99. The van der Waals surface area contributed by atoms with Crippen molar-refractivity contribution < 1.29 is 9.47 Å². The Bertz CT molecular complexity index is 1180. The molecule has 0 aliphatic rings. The number of nitrogens with one attached hydrogen (secondary N) is 1. The van der Waals surface area contributed by atoms with Crippen LogP contribution in [0.1, 0.15) is 11.1 Å². The van der Waals surface area contributed by atoms with E-state index >= 15 is 0 Å². The predicted molar refractivity (Wildman–Crippen MR) is 120 cm³/mol. The molecule has 5 nitrogen and oxygen atoms in total. The molecule has 0 unspecified atom stereocenters. The fourth-order valence-corrected chi connectivity index (χ4v) is 4.66. The molecule has 2 aromatic heterocycles. The van der Waals surface area contributed by atoms with Crippen LogP contribution in [-0.4, -0.2) is 24.2 Å². The van der Waals surface area contributed by atoms with Gasteiger partial charge in [0, 0.05) is 10.9 Å². The maximum atomic E-state index is 6.51. The number of anilines is 2. The van der Waals surface area contributed by atoms with E-state index in [1.165, 1.54) is 0 Å². The van der Waals surface area contributed by atoms with Crippen LogP contribution in [0.15, 0.2) is 42.0 Å². The molecule has 4 rings (SSSR count). The number of hydrogen-bond donors (Lipinski definition) is 1. The summed E-state index contributed by atoms with van der Waals surface area (Å²) >= 11 is 8.08. The molecule has 0 bridgehead atoms.